The zero-order valence-corrected chi connectivity index (χ0v) is 22.8. The van der Waals surface area contributed by atoms with E-state index in [4.69, 9.17) is 24.4 Å². The summed E-state index contributed by atoms with van der Waals surface area (Å²) in [5.41, 5.74) is -1.16. The maximum atomic E-state index is 11.2. The predicted molar refractivity (Wildman–Crippen MR) is 134 cm³/mol. The third-order valence-corrected chi connectivity index (χ3v) is 3.84. The molecular formula is C24H46BN2O8-2. The van der Waals surface area contributed by atoms with Gasteiger partial charge in [0.15, 0.2) is 0 Å². The number of aliphatic hydroxyl groups excluding tert-OH is 1. The summed E-state index contributed by atoms with van der Waals surface area (Å²) in [6.45, 7) is 16.2. The third-order valence-electron chi connectivity index (χ3n) is 3.84. The monoisotopic (exact) mass is 501 g/mol. The second-order valence-electron chi connectivity index (χ2n) is 9.81. The Hall–Kier alpha value is -2.01. The molecule has 1 heterocycles. The Morgan fingerprint density at radius 1 is 0.914 bits per heavy atom. The molecule has 2 atom stereocenters. The Kier molecular flexibility index (Phi) is 21.7. The molecule has 2 N–H and O–H groups in total. The molecular weight excluding hydrogens is 455 g/mol. The van der Waals surface area contributed by atoms with Crippen molar-refractivity contribution in [3.63, 3.8) is 0 Å². The molecule has 0 aromatic rings. The molecule has 0 saturated carbocycles. The maximum Gasteiger partial charge on any atom is 0.328 e. The van der Waals surface area contributed by atoms with Gasteiger partial charge in [-0.05, 0) is 25.7 Å². The average molecular weight is 501 g/mol. The van der Waals surface area contributed by atoms with Crippen molar-refractivity contribution in [3.05, 3.63) is 0 Å². The van der Waals surface area contributed by atoms with Crippen molar-refractivity contribution < 1.29 is 39.4 Å². The van der Waals surface area contributed by atoms with Crippen LogP contribution in [0.15, 0.2) is 9.98 Å². The Bertz CT molecular complexity index is 590. The van der Waals surface area contributed by atoms with Gasteiger partial charge in [0.2, 0.25) is 0 Å². The van der Waals surface area contributed by atoms with Gasteiger partial charge in [-0.1, -0.05) is 68.2 Å². The van der Waals surface area contributed by atoms with Gasteiger partial charge >= 0.3 is 5.97 Å². The fraction of sp³-hybridized carbons (Fsp3) is 0.875. The van der Waals surface area contributed by atoms with Crippen LogP contribution in [0.1, 0.15) is 93.9 Å². The molecule has 1 aliphatic heterocycles. The number of aliphatic hydroxyl groups is 1. The van der Waals surface area contributed by atoms with Crippen LogP contribution >= 0.6 is 0 Å². The van der Waals surface area contributed by atoms with E-state index in [-0.39, 0.29) is 21.1 Å². The Morgan fingerprint density at radius 3 is 1.63 bits per heavy atom. The van der Waals surface area contributed by atoms with E-state index >= 15 is 0 Å². The number of carbonyl (C=O) groups is 1. The smallest absolute Gasteiger partial charge is 0.328 e. The highest BCUT2D eigenvalue weighted by Crippen LogP contribution is 2.09. The van der Waals surface area contributed by atoms with Gasteiger partial charge in [-0.2, -0.15) is 0 Å². The third kappa shape index (κ3) is 26.4. The minimum atomic E-state index is -1.09. The van der Waals surface area contributed by atoms with E-state index in [9.17, 15) is 15.0 Å². The lowest BCUT2D eigenvalue weighted by atomic mass is 10.2. The van der Waals surface area contributed by atoms with Gasteiger partial charge in [-0.3, -0.25) is 9.98 Å². The molecule has 1 rings (SSSR count). The van der Waals surface area contributed by atoms with Gasteiger partial charge in [0.25, 0.3) is 0 Å². The minimum absolute atomic E-state index is 0. The van der Waals surface area contributed by atoms with Crippen molar-refractivity contribution in [1.29, 1.82) is 0 Å². The molecule has 1 saturated heterocycles. The van der Waals surface area contributed by atoms with E-state index in [1.165, 1.54) is 12.8 Å². The van der Waals surface area contributed by atoms with Crippen LogP contribution in [0.3, 0.4) is 0 Å². The number of carboxylic acids is 1. The Morgan fingerprint density at radius 2 is 1.34 bits per heavy atom. The molecule has 1 aliphatic rings. The highest BCUT2D eigenvalue weighted by molar-refractivity contribution is 5.76. The predicted octanol–water partition coefficient (Wildman–Crippen LogP) is 1.87. The van der Waals surface area contributed by atoms with Crippen LogP contribution in [0.2, 0.25) is 0 Å². The second-order valence-corrected chi connectivity index (χ2v) is 9.81. The van der Waals surface area contributed by atoms with E-state index in [1.54, 1.807) is 41.5 Å². The van der Waals surface area contributed by atoms with Crippen molar-refractivity contribution in [2.24, 2.45) is 9.98 Å². The first kappa shape index (κ1) is 37.5. The molecule has 1 fully saturated rings. The lowest BCUT2D eigenvalue weighted by Crippen LogP contribution is -2.34. The van der Waals surface area contributed by atoms with Gasteiger partial charge in [-0.15, -0.1) is 0 Å². The summed E-state index contributed by atoms with van der Waals surface area (Å²) in [6, 6.07) is -1.32. The number of rotatable bonds is 8. The molecule has 2 unspecified atom stereocenters. The first-order valence-corrected chi connectivity index (χ1v) is 11.9. The molecule has 10 nitrogen and oxygen atoms in total. The minimum Gasteiger partial charge on any atom is -0.595 e. The highest BCUT2D eigenvalue weighted by Gasteiger charge is 2.15. The SMILES string of the molecule is C1CCOC1.CCCC(CO)N=C([O-])OC(C)(C)C.CCCC(N=C([O-])OC(C)(C)C)C(=O)O.[B]. The maximum absolute atomic E-state index is 11.2. The van der Waals surface area contributed by atoms with Gasteiger partial charge in [0, 0.05) is 32.8 Å². The Balaban J connectivity index is -0.000000475. The number of aliphatic imine (C=N–C) groups is 2. The quantitative estimate of drug-likeness (QED) is 0.290. The number of nitrogens with zero attached hydrogens (tertiary/aromatic N) is 2. The number of carboxylic acid groups (broad SMARTS) is 1. The van der Waals surface area contributed by atoms with E-state index in [0.717, 1.165) is 19.6 Å². The zero-order valence-electron chi connectivity index (χ0n) is 22.8. The summed E-state index contributed by atoms with van der Waals surface area (Å²) in [6.07, 6.45) is 3.74. The molecule has 205 valence electrons. The lowest BCUT2D eigenvalue weighted by Gasteiger charge is -2.30. The van der Waals surface area contributed by atoms with E-state index in [1.807, 2.05) is 13.8 Å². The molecule has 0 spiro atoms. The van der Waals surface area contributed by atoms with Gasteiger partial charge in [-0.25, -0.2) is 4.79 Å². The molecule has 0 bridgehead atoms. The van der Waals surface area contributed by atoms with Crippen molar-refractivity contribution in [2.75, 3.05) is 19.8 Å². The van der Waals surface area contributed by atoms with Crippen molar-refractivity contribution in [2.45, 2.75) is 117 Å². The van der Waals surface area contributed by atoms with Crippen LogP contribution < -0.4 is 10.2 Å². The summed E-state index contributed by atoms with van der Waals surface area (Å²) in [5, 5.41) is 40.1. The first-order chi connectivity index (χ1) is 15.6. The summed E-state index contributed by atoms with van der Waals surface area (Å²) in [7, 11) is 0. The van der Waals surface area contributed by atoms with Crippen molar-refractivity contribution in [3.8, 4) is 0 Å². The van der Waals surface area contributed by atoms with Crippen LogP contribution in [0.5, 0.6) is 0 Å². The largest absolute Gasteiger partial charge is 0.595 e. The second kappa shape index (κ2) is 20.2. The standard InChI is InChI=1S/C10H19NO4.C10H21NO3.C4H8O.B/c1-5-6-7(8(12)13)11-9(14)15-10(2,3)4;1-5-6-8(7-12)11-9(13)14-10(2,3)4;1-2-4-5-3-1;/h7H,5-6H2,1-4H3,(H,11,14)(H,12,13);8,12H,5-7H2,1-4H3,(H,11,13);1-4H2;/p-2. The van der Waals surface area contributed by atoms with E-state index < -0.39 is 35.4 Å². The zero-order chi connectivity index (χ0) is 26.8. The van der Waals surface area contributed by atoms with Crippen LogP contribution in [0.4, 0.5) is 0 Å². The van der Waals surface area contributed by atoms with Gasteiger partial charge in [0.05, 0.1) is 12.6 Å². The van der Waals surface area contributed by atoms with Gasteiger partial charge < -0.3 is 34.6 Å². The summed E-state index contributed by atoms with van der Waals surface area (Å²) in [4.78, 5) is 17.9. The van der Waals surface area contributed by atoms with E-state index in [0.29, 0.717) is 19.3 Å². The molecule has 3 radical (unpaired) electrons. The van der Waals surface area contributed by atoms with Crippen LogP contribution in [0.25, 0.3) is 0 Å². The summed E-state index contributed by atoms with van der Waals surface area (Å²) >= 11 is 0. The van der Waals surface area contributed by atoms with Crippen molar-refractivity contribution in [1.82, 2.24) is 0 Å². The lowest BCUT2D eigenvalue weighted by molar-refractivity contribution is -0.262. The molecule has 0 aromatic heterocycles. The van der Waals surface area contributed by atoms with E-state index in [2.05, 4.69) is 9.98 Å². The number of ether oxygens (including phenoxy) is 3. The average Bonchev–Trinajstić information content (AvgIpc) is 3.25. The molecule has 0 aromatic carbocycles. The molecule has 11 heteroatoms. The van der Waals surface area contributed by atoms with Crippen LogP contribution in [-0.4, -0.2) is 79.9 Å². The Labute approximate surface area is 213 Å². The normalized spacial score (nSPS) is 15.9. The van der Waals surface area contributed by atoms with Crippen molar-refractivity contribution >= 4 is 26.5 Å². The van der Waals surface area contributed by atoms with Crippen LogP contribution in [-0.2, 0) is 19.0 Å². The topological polar surface area (TPSA) is 156 Å². The number of hydrogen-bond donors (Lipinski definition) is 2. The number of hydrogen-bond acceptors (Lipinski definition) is 9. The summed E-state index contributed by atoms with van der Waals surface area (Å²) < 4.78 is 14.8. The molecule has 35 heavy (non-hydrogen) atoms. The number of aliphatic carboxylic acids is 1. The van der Waals surface area contributed by atoms with Crippen LogP contribution in [0, 0.1) is 0 Å². The fourth-order valence-electron chi connectivity index (χ4n) is 2.41. The van der Waals surface area contributed by atoms with Gasteiger partial charge in [0.1, 0.15) is 18.2 Å². The first-order valence-electron chi connectivity index (χ1n) is 11.9. The fourth-order valence-corrected chi connectivity index (χ4v) is 2.41. The molecule has 0 aliphatic carbocycles. The highest BCUT2D eigenvalue weighted by atomic mass is 16.6. The summed E-state index contributed by atoms with van der Waals surface area (Å²) in [5.74, 6) is -1.09. The molecule has 0 amide bonds.